The van der Waals surface area contributed by atoms with Crippen LogP contribution < -0.4 is 0 Å². The van der Waals surface area contributed by atoms with Crippen molar-refractivity contribution in [3.63, 3.8) is 0 Å². The second kappa shape index (κ2) is 8.33. The zero-order valence-electron chi connectivity index (χ0n) is 16.5. The van der Waals surface area contributed by atoms with Gasteiger partial charge < -0.3 is 14.6 Å². The summed E-state index contributed by atoms with van der Waals surface area (Å²) in [6, 6.07) is 0. The highest BCUT2D eigenvalue weighted by molar-refractivity contribution is 7.86. The minimum atomic E-state index is -6.66. The lowest BCUT2D eigenvalue weighted by Crippen LogP contribution is -2.55. The van der Waals surface area contributed by atoms with Gasteiger partial charge in [0.15, 0.2) is 0 Å². The highest BCUT2D eigenvalue weighted by Gasteiger charge is 2.68. The second-order valence-electron chi connectivity index (χ2n) is 7.76. The zero-order chi connectivity index (χ0) is 25.0. The Morgan fingerprint density at radius 3 is 2.00 bits per heavy atom. The van der Waals surface area contributed by atoms with Gasteiger partial charge in [-0.15, -0.1) is 0 Å². The summed E-state index contributed by atoms with van der Waals surface area (Å²) in [4.78, 5) is 36.4. The monoisotopic (exact) mass is 494 g/mol. The summed E-state index contributed by atoms with van der Waals surface area (Å²) in [7, 11) is -6.66. The number of alkyl halides is 5. The van der Waals surface area contributed by atoms with Crippen LogP contribution in [0.1, 0.15) is 20.3 Å². The number of ketones is 1. The number of carbonyl (C=O) groups excluding carboxylic acids is 3. The molecule has 0 aromatic rings. The lowest BCUT2D eigenvalue weighted by Gasteiger charge is -2.37. The van der Waals surface area contributed by atoms with Crippen LogP contribution in [0.2, 0.25) is 0 Å². The molecule has 0 heterocycles. The van der Waals surface area contributed by atoms with Crippen LogP contribution in [0.25, 0.3) is 0 Å². The fourth-order valence-electron chi connectivity index (χ4n) is 4.24. The molecule has 9 nitrogen and oxygen atoms in total. The minimum absolute atomic E-state index is 0.118. The van der Waals surface area contributed by atoms with E-state index < -0.39 is 81.3 Å². The number of hydrogen-bond acceptors (Lipinski definition) is 8. The van der Waals surface area contributed by atoms with Crippen LogP contribution in [-0.4, -0.2) is 65.5 Å². The summed E-state index contributed by atoms with van der Waals surface area (Å²) < 4.78 is 106. The van der Waals surface area contributed by atoms with Crippen LogP contribution in [-0.2, 0) is 34.0 Å². The maximum Gasteiger partial charge on any atom is 0.432 e. The molecule has 2 saturated carbocycles. The van der Waals surface area contributed by atoms with Gasteiger partial charge in [-0.2, -0.15) is 30.4 Å². The number of fused-ring (bicyclic) bond motifs is 2. The molecule has 0 radical (unpaired) electrons. The Bertz CT molecular complexity index is 929. The molecular weight excluding hydrogens is 475 g/mol. The second-order valence-corrected chi connectivity index (χ2v) is 9.26. The first kappa shape index (κ1) is 26.1. The Labute approximate surface area is 178 Å². The van der Waals surface area contributed by atoms with Crippen molar-refractivity contribution in [2.45, 2.75) is 50.0 Å². The van der Waals surface area contributed by atoms with Crippen LogP contribution in [0.15, 0.2) is 12.2 Å². The third kappa shape index (κ3) is 4.50. The number of Topliss-reactive ketones (excluding diaryl/α,β-unsaturated/α-hetero) is 1. The van der Waals surface area contributed by atoms with Crippen LogP contribution in [0.5, 0.6) is 0 Å². The topological polar surface area (TPSA) is 144 Å². The summed E-state index contributed by atoms with van der Waals surface area (Å²) in [6.45, 7) is 5.50. The summed E-state index contributed by atoms with van der Waals surface area (Å²) in [5, 5.41) is 4.40. The highest BCUT2D eigenvalue weighted by atomic mass is 32.2. The van der Waals surface area contributed by atoms with Crippen molar-refractivity contribution >= 4 is 27.8 Å². The molecular formula is C17H19F5O9S. The van der Waals surface area contributed by atoms with Gasteiger partial charge in [0.05, 0.1) is 12.0 Å². The first-order valence-corrected chi connectivity index (χ1v) is 10.4. The Hall–Kier alpha value is -2.13. The summed E-state index contributed by atoms with van der Waals surface area (Å²) in [5.74, 6) is -9.49. The normalized spacial score (nSPS) is 31.2. The molecule has 0 spiro atoms. The van der Waals surface area contributed by atoms with E-state index >= 15 is 0 Å². The number of hydrogen-bond donors (Lipinski definition) is 2. The predicted molar refractivity (Wildman–Crippen MR) is 92.4 cm³/mol. The quantitative estimate of drug-likeness (QED) is 0.231. The molecule has 2 N–H and O–H groups in total. The van der Waals surface area contributed by atoms with Gasteiger partial charge in [-0.05, 0) is 26.2 Å². The van der Waals surface area contributed by atoms with E-state index in [4.69, 9.17) is 9.29 Å². The number of carbonyl (C=O) groups is 3. The van der Waals surface area contributed by atoms with Crippen molar-refractivity contribution in [3.05, 3.63) is 12.2 Å². The molecule has 182 valence electrons. The standard InChI is InChI=1S/C17H19F5O9S/c1-5(2)13(25)30-12-8-4-7(11(12)24)9(6(3)23)10(8)14(26)31-15(16(18,19)20)17(21,22)32(27,28)29/h7-12,15,24H,1,4H2,2-3H3,(H,27,28,29). The van der Waals surface area contributed by atoms with Crippen molar-refractivity contribution in [1.29, 1.82) is 0 Å². The van der Waals surface area contributed by atoms with E-state index in [0.29, 0.717) is 0 Å². The van der Waals surface area contributed by atoms with Gasteiger partial charge in [-0.1, -0.05) is 6.58 Å². The molecule has 2 bridgehead atoms. The first-order chi connectivity index (χ1) is 14.3. The molecule has 0 aliphatic heterocycles. The third-order valence-electron chi connectivity index (χ3n) is 5.56. The number of rotatable bonds is 7. The minimum Gasteiger partial charge on any atom is -0.456 e. The van der Waals surface area contributed by atoms with Gasteiger partial charge in [0.25, 0.3) is 6.10 Å². The van der Waals surface area contributed by atoms with Crippen molar-refractivity contribution in [1.82, 2.24) is 0 Å². The SMILES string of the molecule is C=C(C)C(=O)OC1C(O)C2CC1C(C(=O)OC(C(F)(F)F)C(F)(F)S(=O)(=O)O)C2C(C)=O. The molecule has 0 saturated heterocycles. The average molecular weight is 494 g/mol. The van der Waals surface area contributed by atoms with Crippen molar-refractivity contribution < 1.29 is 63.9 Å². The Kier molecular flexibility index (Phi) is 6.80. The largest absolute Gasteiger partial charge is 0.456 e. The molecule has 2 aliphatic rings. The molecule has 0 aromatic carbocycles. The molecule has 0 amide bonds. The highest BCUT2D eigenvalue weighted by Crippen LogP contribution is 2.55. The number of halogens is 5. The molecule has 2 aliphatic carbocycles. The molecule has 0 aromatic heterocycles. The Morgan fingerprint density at radius 2 is 1.59 bits per heavy atom. The van der Waals surface area contributed by atoms with E-state index in [1.165, 1.54) is 6.92 Å². The lowest BCUT2D eigenvalue weighted by atomic mass is 9.74. The summed E-state index contributed by atoms with van der Waals surface area (Å²) in [6.07, 6.45) is -13.9. The number of aliphatic hydroxyl groups is 1. The van der Waals surface area contributed by atoms with E-state index in [2.05, 4.69) is 11.3 Å². The molecule has 2 rings (SSSR count). The van der Waals surface area contributed by atoms with Crippen LogP contribution in [0, 0.1) is 23.7 Å². The van der Waals surface area contributed by atoms with Gasteiger partial charge in [0.1, 0.15) is 11.9 Å². The van der Waals surface area contributed by atoms with E-state index in [1.54, 1.807) is 0 Å². The first-order valence-electron chi connectivity index (χ1n) is 8.99. The molecule has 7 unspecified atom stereocenters. The van der Waals surface area contributed by atoms with E-state index in [1.807, 2.05) is 0 Å². The molecule has 2 fully saturated rings. The van der Waals surface area contributed by atoms with Gasteiger partial charge >= 0.3 is 33.5 Å². The van der Waals surface area contributed by atoms with Gasteiger partial charge in [-0.3, -0.25) is 14.1 Å². The van der Waals surface area contributed by atoms with Crippen molar-refractivity contribution in [2.24, 2.45) is 23.7 Å². The number of aliphatic hydroxyl groups excluding tert-OH is 1. The van der Waals surface area contributed by atoms with E-state index in [-0.39, 0.29) is 12.0 Å². The van der Waals surface area contributed by atoms with Gasteiger partial charge in [0, 0.05) is 17.4 Å². The van der Waals surface area contributed by atoms with Crippen molar-refractivity contribution in [2.75, 3.05) is 0 Å². The van der Waals surface area contributed by atoms with E-state index in [9.17, 15) is 49.9 Å². The molecule has 32 heavy (non-hydrogen) atoms. The predicted octanol–water partition coefficient (Wildman–Crippen LogP) is 1.26. The average Bonchev–Trinajstić information content (AvgIpc) is 3.14. The molecule has 7 atom stereocenters. The van der Waals surface area contributed by atoms with Crippen LogP contribution in [0.4, 0.5) is 22.0 Å². The summed E-state index contributed by atoms with van der Waals surface area (Å²) >= 11 is 0. The Morgan fingerprint density at radius 1 is 1.06 bits per heavy atom. The van der Waals surface area contributed by atoms with Crippen LogP contribution >= 0.6 is 0 Å². The number of esters is 2. The van der Waals surface area contributed by atoms with E-state index in [0.717, 1.165) is 6.92 Å². The van der Waals surface area contributed by atoms with Crippen molar-refractivity contribution in [3.8, 4) is 0 Å². The number of ether oxygens (including phenoxy) is 2. The summed E-state index contributed by atoms with van der Waals surface area (Å²) in [5.41, 5.74) is -0.118. The van der Waals surface area contributed by atoms with Crippen LogP contribution in [0.3, 0.4) is 0 Å². The fourth-order valence-corrected chi connectivity index (χ4v) is 4.69. The van der Waals surface area contributed by atoms with Gasteiger partial charge in [0.2, 0.25) is 0 Å². The third-order valence-corrected chi connectivity index (χ3v) is 6.47. The zero-order valence-corrected chi connectivity index (χ0v) is 17.3. The van der Waals surface area contributed by atoms with Gasteiger partial charge in [-0.25, -0.2) is 4.79 Å². The lowest BCUT2D eigenvalue weighted by molar-refractivity contribution is -0.262. The maximum absolute atomic E-state index is 13.8. The fraction of sp³-hybridized carbons (Fsp3) is 0.706. The maximum atomic E-state index is 13.8. The molecule has 15 heteroatoms. The Balaban J connectivity index is 2.42. The smallest absolute Gasteiger partial charge is 0.432 e.